The summed E-state index contributed by atoms with van der Waals surface area (Å²) in [6.45, 7) is 0. The molecule has 0 heterocycles. The Morgan fingerprint density at radius 1 is 1.29 bits per heavy atom. The van der Waals surface area contributed by atoms with Crippen LogP contribution in [-0.2, 0) is 14.3 Å². The van der Waals surface area contributed by atoms with Crippen molar-refractivity contribution in [1.29, 1.82) is 0 Å². The van der Waals surface area contributed by atoms with E-state index >= 15 is 0 Å². The highest BCUT2D eigenvalue weighted by molar-refractivity contribution is 5.68. The van der Waals surface area contributed by atoms with Crippen LogP contribution in [0.5, 0.6) is 0 Å². The molecule has 0 aromatic rings. The first-order valence-corrected chi connectivity index (χ1v) is 6.56. The molecule has 2 fully saturated rings. The number of hydrogen-bond acceptors (Lipinski definition) is 3. The third-order valence-electron chi connectivity index (χ3n) is 4.07. The molecule has 0 aromatic carbocycles. The lowest BCUT2D eigenvalue weighted by Gasteiger charge is -2.44. The van der Waals surface area contributed by atoms with Crippen molar-refractivity contribution in [3.8, 4) is 0 Å². The zero-order valence-electron chi connectivity index (χ0n) is 10.5. The Hall–Kier alpha value is -0.610. The summed E-state index contributed by atoms with van der Waals surface area (Å²) in [6.07, 6.45) is 7.69. The highest BCUT2D eigenvalue weighted by atomic mass is 16.5. The molecule has 98 valence electrons. The summed E-state index contributed by atoms with van der Waals surface area (Å²) in [7, 11) is 1.74. The molecule has 0 spiro atoms. The van der Waals surface area contributed by atoms with Gasteiger partial charge < -0.3 is 14.6 Å². The molecular weight excluding hydrogens is 220 g/mol. The van der Waals surface area contributed by atoms with Crippen molar-refractivity contribution in [1.82, 2.24) is 0 Å². The van der Waals surface area contributed by atoms with Gasteiger partial charge in [0.25, 0.3) is 0 Å². The monoisotopic (exact) mass is 242 g/mol. The third kappa shape index (κ3) is 3.19. The van der Waals surface area contributed by atoms with Gasteiger partial charge in [0.2, 0.25) is 0 Å². The summed E-state index contributed by atoms with van der Waals surface area (Å²) >= 11 is 0. The van der Waals surface area contributed by atoms with Crippen LogP contribution in [0.1, 0.15) is 51.4 Å². The predicted molar refractivity (Wildman–Crippen MR) is 63.0 cm³/mol. The molecule has 4 heteroatoms. The fourth-order valence-corrected chi connectivity index (χ4v) is 2.96. The quantitative estimate of drug-likeness (QED) is 0.804. The number of carbonyl (C=O) groups is 1. The fraction of sp³-hybridized carbons (Fsp3) is 0.923. The molecule has 0 aliphatic heterocycles. The van der Waals surface area contributed by atoms with Crippen molar-refractivity contribution in [2.45, 2.75) is 69.2 Å². The van der Waals surface area contributed by atoms with E-state index in [-0.39, 0.29) is 24.2 Å². The molecule has 2 saturated carbocycles. The topological polar surface area (TPSA) is 55.8 Å². The van der Waals surface area contributed by atoms with Gasteiger partial charge in [-0.1, -0.05) is 0 Å². The van der Waals surface area contributed by atoms with Gasteiger partial charge in [0.1, 0.15) is 0 Å². The van der Waals surface area contributed by atoms with Gasteiger partial charge in [-0.3, -0.25) is 4.79 Å². The summed E-state index contributed by atoms with van der Waals surface area (Å²) in [5, 5.41) is 8.94. The van der Waals surface area contributed by atoms with Gasteiger partial charge in [0.05, 0.1) is 24.2 Å². The van der Waals surface area contributed by atoms with E-state index in [0.717, 1.165) is 44.9 Å². The molecule has 17 heavy (non-hydrogen) atoms. The third-order valence-corrected chi connectivity index (χ3v) is 4.07. The summed E-state index contributed by atoms with van der Waals surface area (Å²) in [6, 6.07) is 0. The Morgan fingerprint density at radius 2 is 2.00 bits per heavy atom. The van der Waals surface area contributed by atoms with Gasteiger partial charge in [-0.05, 0) is 44.9 Å². The lowest BCUT2D eigenvalue weighted by molar-refractivity contribution is -0.176. The molecule has 0 aromatic heterocycles. The van der Waals surface area contributed by atoms with E-state index < -0.39 is 5.97 Å². The highest BCUT2D eigenvalue weighted by Gasteiger charge is 2.42. The SMILES string of the molecule is COC1CCCC(OC2(CC(=O)O)CCC2)C1. The first kappa shape index (κ1) is 12.8. The van der Waals surface area contributed by atoms with Gasteiger partial charge >= 0.3 is 5.97 Å². The standard InChI is InChI=1S/C13H22O4/c1-16-10-4-2-5-11(8-10)17-13(6-3-7-13)9-12(14)15/h10-11H,2-9H2,1H3,(H,14,15). The largest absolute Gasteiger partial charge is 0.481 e. The number of hydrogen-bond donors (Lipinski definition) is 1. The van der Waals surface area contributed by atoms with E-state index in [1.807, 2.05) is 0 Å². The summed E-state index contributed by atoms with van der Waals surface area (Å²) in [4.78, 5) is 10.9. The van der Waals surface area contributed by atoms with Crippen LogP contribution in [0.25, 0.3) is 0 Å². The molecule has 0 amide bonds. The average molecular weight is 242 g/mol. The second-order valence-corrected chi connectivity index (χ2v) is 5.37. The Balaban J connectivity index is 1.87. The Morgan fingerprint density at radius 3 is 2.53 bits per heavy atom. The molecule has 2 rings (SSSR count). The molecule has 2 aliphatic rings. The summed E-state index contributed by atoms with van der Waals surface area (Å²) in [5.74, 6) is -0.746. The normalized spacial score (nSPS) is 31.8. The van der Waals surface area contributed by atoms with E-state index in [1.165, 1.54) is 0 Å². The van der Waals surface area contributed by atoms with Crippen LogP contribution in [0, 0.1) is 0 Å². The zero-order valence-corrected chi connectivity index (χ0v) is 10.5. The van der Waals surface area contributed by atoms with Gasteiger partial charge in [-0.2, -0.15) is 0 Å². The minimum Gasteiger partial charge on any atom is -0.481 e. The molecular formula is C13H22O4. The van der Waals surface area contributed by atoms with Crippen molar-refractivity contribution in [3.05, 3.63) is 0 Å². The van der Waals surface area contributed by atoms with E-state index in [2.05, 4.69) is 0 Å². The van der Waals surface area contributed by atoms with Crippen molar-refractivity contribution < 1.29 is 19.4 Å². The number of methoxy groups -OCH3 is 1. The molecule has 2 atom stereocenters. The number of rotatable bonds is 5. The number of ether oxygens (including phenoxy) is 2. The summed E-state index contributed by atoms with van der Waals surface area (Å²) < 4.78 is 11.5. The van der Waals surface area contributed by atoms with Gasteiger partial charge in [-0.25, -0.2) is 0 Å². The smallest absolute Gasteiger partial charge is 0.306 e. The predicted octanol–water partition coefficient (Wildman–Crippen LogP) is 2.36. The maximum atomic E-state index is 10.9. The second kappa shape index (κ2) is 5.36. The minimum atomic E-state index is -0.746. The first-order chi connectivity index (χ1) is 8.13. The Kier molecular flexibility index (Phi) is 4.05. The Bertz CT molecular complexity index is 273. The van der Waals surface area contributed by atoms with Crippen LogP contribution in [0.2, 0.25) is 0 Å². The van der Waals surface area contributed by atoms with E-state index in [0.29, 0.717) is 0 Å². The number of aliphatic carboxylic acids is 1. The molecule has 4 nitrogen and oxygen atoms in total. The molecule has 0 saturated heterocycles. The lowest BCUT2D eigenvalue weighted by Crippen LogP contribution is -2.46. The maximum absolute atomic E-state index is 10.9. The highest BCUT2D eigenvalue weighted by Crippen LogP contribution is 2.41. The van der Waals surface area contributed by atoms with Crippen LogP contribution in [0.4, 0.5) is 0 Å². The average Bonchev–Trinajstić information content (AvgIpc) is 2.26. The molecule has 2 aliphatic carbocycles. The first-order valence-electron chi connectivity index (χ1n) is 6.56. The summed E-state index contributed by atoms with van der Waals surface area (Å²) in [5.41, 5.74) is -0.369. The lowest BCUT2D eigenvalue weighted by atomic mass is 9.77. The molecule has 0 radical (unpaired) electrons. The van der Waals surface area contributed by atoms with Crippen LogP contribution in [0.3, 0.4) is 0 Å². The minimum absolute atomic E-state index is 0.154. The molecule has 0 bridgehead atoms. The maximum Gasteiger partial charge on any atom is 0.306 e. The van der Waals surface area contributed by atoms with Crippen molar-refractivity contribution >= 4 is 5.97 Å². The van der Waals surface area contributed by atoms with Crippen molar-refractivity contribution in [3.63, 3.8) is 0 Å². The number of carboxylic acids is 1. The van der Waals surface area contributed by atoms with Gasteiger partial charge in [0.15, 0.2) is 0 Å². The van der Waals surface area contributed by atoms with Crippen LogP contribution in [-0.4, -0.2) is 36.0 Å². The van der Waals surface area contributed by atoms with E-state index in [4.69, 9.17) is 14.6 Å². The van der Waals surface area contributed by atoms with E-state index in [1.54, 1.807) is 7.11 Å². The number of carboxylic acid groups (broad SMARTS) is 1. The van der Waals surface area contributed by atoms with Crippen molar-refractivity contribution in [2.75, 3.05) is 7.11 Å². The van der Waals surface area contributed by atoms with Gasteiger partial charge in [0, 0.05) is 7.11 Å². The van der Waals surface area contributed by atoms with Crippen LogP contribution >= 0.6 is 0 Å². The fourth-order valence-electron chi connectivity index (χ4n) is 2.96. The second-order valence-electron chi connectivity index (χ2n) is 5.37. The van der Waals surface area contributed by atoms with Crippen molar-refractivity contribution in [2.24, 2.45) is 0 Å². The van der Waals surface area contributed by atoms with Crippen LogP contribution < -0.4 is 0 Å². The molecule has 1 N–H and O–H groups in total. The van der Waals surface area contributed by atoms with Crippen LogP contribution in [0.15, 0.2) is 0 Å². The van der Waals surface area contributed by atoms with E-state index in [9.17, 15) is 4.79 Å². The zero-order chi connectivity index (χ0) is 12.3. The molecule has 2 unspecified atom stereocenters. The van der Waals surface area contributed by atoms with Gasteiger partial charge in [-0.15, -0.1) is 0 Å². The Labute approximate surface area is 102 Å².